The standard InChI is InChI=1S/C18H16N8O5S4/c1-2-4-31-24-11(13-21-17(19)35-25-13)14(28)22-15-8(3-5-32-18-23-20-7-33-18)12(16(29)30)26-9(27)6-10(26)34-15/h2-3,5,7,10,15H,1,4,6H2,(H,22,28)(H,29,30)(H2,19,21,25)/t10-,15?/m0/s1. The second kappa shape index (κ2) is 11.0. The number of carboxylic acids is 1. The number of rotatable bonds is 10. The molecular formula is C18H16N8O5S4. The number of carbonyl (C=O) groups excluding carboxylic acids is 2. The molecule has 0 saturated carbocycles. The van der Waals surface area contributed by atoms with Crippen molar-refractivity contribution in [1.29, 1.82) is 0 Å². The van der Waals surface area contributed by atoms with E-state index in [2.05, 4.69) is 36.6 Å². The molecule has 0 bridgehead atoms. The van der Waals surface area contributed by atoms with Crippen molar-refractivity contribution in [3.05, 3.63) is 46.7 Å². The first-order chi connectivity index (χ1) is 16.9. The van der Waals surface area contributed by atoms with E-state index < -0.39 is 22.6 Å². The van der Waals surface area contributed by atoms with Crippen LogP contribution in [0.1, 0.15) is 12.2 Å². The molecule has 0 radical (unpaired) electrons. The van der Waals surface area contributed by atoms with Crippen LogP contribution in [0.15, 0.2) is 50.4 Å². The SMILES string of the molecule is C=CCON=C(C(=O)NC1S[C@H]2CC(=O)N2C(C(=O)O)=C1C=CSc1nncs1)c1nsc(N)n1. The van der Waals surface area contributed by atoms with Crippen molar-refractivity contribution in [3.8, 4) is 0 Å². The van der Waals surface area contributed by atoms with Crippen LogP contribution in [0.25, 0.3) is 0 Å². The Balaban J connectivity index is 1.65. The molecular weight excluding hydrogens is 537 g/mol. The van der Waals surface area contributed by atoms with Gasteiger partial charge in [0.15, 0.2) is 9.47 Å². The molecule has 182 valence electrons. The molecule has 2 amide bonds. The summed E-state index contributed by atoms with van der Waals surface area (Å²) in [6.07, 6.45) is 3.12. The minimum atomic E-state index is -1.29. The molecule has 2 aromatic heterocycles. The summed E-state index contributed by atoms with van der Waals surface area (Å²) in [6, 6.07) is 0. The Morgan fingerprint density at radius 3 is 2.94 bits per heavy atom. The maximum absolute atomic E-state index is 13.2. The minimum Gasteiger partial charge on any atom is -0.477 e. The highest BCUT2D eigenvalue weighted by molar-refractivity contribution is 8.03. The molecule has 13 nitrogen and oxygen atoms in total. The van der Waals surface area contributed by atoms with E-state index in [1.54, 1.807) is 10.9 Å². The van der Waals surface area contributed by atoms with Crippen molar-refractivity contribution in [2.24, 2.45) is 5.16 Å². The van der Waals surface area contributed by atoms with Crippen molar-refractivity contribution < 1.29 is 24.3 Å². The van der Waals surface area contributed by atoms with Gasteiger partial charge in [-0.05, 0) is 11.5 Å². The van der Waals surface area contributed by atoms with Gasteiger partial charge in [0, 0.05) is 17.1 Å². The van der Waals surface area contributed by atoms with Gasteiger partial charge in [-0.2, -0.15) is 9.36 Å². The smallest absolute Gasteiger partial charge is 0.353 e. The molecule has 1 saturated heterocycles. The number of fused-ring (bicyclic) bond motifs is 1. The van der Waals surface area contributed by atoms with Gasteiger partial charge in [-0.3, -0.25) is 14.5 Å². The Morgan fingerprint density at radius 2 is 2.31 bits per heavy atom. The van der Waals surface area contributed by atoms with E-state index in [1.807, 2.05) is 0 Å². The van der Waals surface area contributed by atoms with E-state index in [-0.39, 0.29) is 46.9 Å². The number of hydrogen-bond donors (Lipinski definition) is 3. The van der Waals surface area contributed by atoms with Crippen LogP contribution in [0.2, 0.25) is 0 Å². The average Bonchev–Trinajstić information content (AvgIpc) is 3.48. The summed E-state index contributed by atoms with van der Waals surface area (Å²) in [5.41, 5.74) is 6.98. The zero-order valence-electron chi connectivity index (χ0n) is 17.6. The zero-order valence-corrected chi connectivity index (χ0v) is 20.8. The molecule has 17 heteroatoms. The fraction of sp³-hybridized carbons (Fsp3) is 0.222. The van der Waals surface area contributed by atoms with Gasteiger partial charge in [-0.1, -0.05) is 40.9 Å². The van der Waals surface area contributed by atoms with Gasteiger partial charge in [0.05, 0.1) is 11.8 Å². The van der Waals surface area contributed by atoms with Crippen LogP contribution in [0.5, 0.6) is 0 Å². The number of aliphatic carboxylic acids is 1. The maximum atomic E-state index is 13.2. The normalized spacial score (nSPS) is 19.9. The van der Waals surface area contributed by atoms with Gasteiger partial charge in [-0.25, -0.2) is 4.79 Å². The Bertz CT molecular complexity index is 1240. The van der Waals surface area contributed by atoms with Crippen molar-refractivity contribution in [2.45, 2.75) is 21.5 Å². The Morgan fingerprint density at radius 1 is 1.49 bits per heavy atom. The summed E-state index contributed by atoms with van der Waals surface area (Å²) in [7, 11) is 0. The number of nitrogens with one attached hydrogen (secondary N) is 1. The second-order valence-corrected chi connectivity index (χ2v) is 10.7. The van der Waals surface area contributed by atoms with E-state index in [9.17, 15) is 19.5 Å². The lowest BCUT2D eigenvalue weighted by Gasteiger charge is -2.46. The lowest BCUT2D eigenvalue weighted by molar-refractivity contribution is -0.146. The molecule has 0 aliphatic carbocycles. The van der Waals surface area contributed by atoms with Crippen molar-refractivity contribution in [3.63, 3.8) is 0 Å². The second-order valence-electron chi connectivity index (χ2n) is 6.63. The van der Waals surface area contributed by atoms with Crippen LogP contribution in [-0.2, 0) is 19.2 Å². The van der Waals surface area contributed by atoms with Gasteiger partial charge in [-0.15, -0.1) is 22.0 Å². The van der Waals surface area contributed by atoms with Gasteiger partial charge in [0.25, 0.3) is 5.91 Å². The average molecular weight is 553 g/mol. The Hall–Kier alpha value is -3.28. The molecule has 1 fully saturated rings. The summed E-state index contributed by atoms with van der Waals surface area (Å²) in [4.78, 5) is 47.8. The first-order valence-corrected chi connectivity index (χ1v) is 13.1. The third-order valence-corrected chi connectivity index (χ3v) is 7.93. The fourth-order valence-corrected chi connectivity index (χ4v) is 6.07. The molecule has 2 aromatic rings. The number of anilines is 1. The third kappa shape index (κ3) is 5.53. The number of nitrogens with two attached hydrogens (primary N) is 1. The van der Waals surface area contributed by atoms with E-state index >= 15 is 0 Å². The Kier molecular flexibility index (Phi) is 7.79. The van der Waals surface area contributed by atoms with E-state index in [0.717, 1.165) is 11.5 Å². The monoisotopic (exact) mass is 552 g/mol. The molecule has 4 rings (SSSR count). The molecule has 1 unspecified atom stereocenters. The topological polar surface area (TPSA) is 186 Å². The highest BCUT2D eigenvalue weighted by Gasteiger charge is 2.48. The largest absolute Gasteiger partial charge is 0.477 e. The number of carbonyl (C=O) groups is 3. The third-order valence-electron chi connectivity index (χ3n) is 4.43. The number of hydrogen-bond acceptors (Lipinski definition) is 14. The van der Waals surface area contributed by atoms with Crippen LogP contribution in [-0.4, -0.2) is 70.4 Å². The van der Waals surface area contributed by atoms with Gasteiger partial charge >= 0.3 is 5.97 Å². The van der Waals surface area contributed by atoms with Crippen molar-refractivity contribution in [1.82, 2.24) is 29.8 Å². The first kappa shape index (κ1) is 24.8. The van der Waals surface area contributed by atoms with E-state index in [4.69, 9.17) is 10.6 Å². The predicted octanol–water partition coefficient (Wildman–Crippen LogP) is 1.27. The van der Waals surface area contributed by atoms with Crippen molar-refractivity contribution in [2.75, 3.05) is 12.3 Å². The van der Waals surface area contributed by atoms with Crippen LogP contribution in [0.3, 0.4) is 0 Å². The summed E-state index contributed by atoms with van der Waals surface area (Å²) in [5, 5.41) is 24.6. The van der Waals surface area contributed by atoms with Gasteiger partial charge in [0.2, 0.25) is 17.4 Å². The molecule has 0 aromatic carbocycles. The summed E-state index contributed by atoms with van der Waals surface area (Å²) < 4.78 is 4.65. The van der Waals surface area contributed by atoms with E-state index in [0.29, 0.717) is 4.34 Å². The summed E-state index contributed by atoms with van der Waals surface area (Å²) in [5.74, 6) is -2.35. The molecule has 2 atom stereocenters. The van der Waals surface area contributed by atoms with Crippen LogP contribution >= 0.6 is 46.4 Å². The molecule has 35 heavy (non-hydrogen) atoms. The number of aromatic nitrogens is 4. The minimum absolute atomic E-state index is 0.0353. The molecule has 4 heterocycles. The summed E-state index contributed by atoms with van der Waals surface area (Å²) >= 11 is 4.64. The Labute approximate surface area is 214 Å². The lowest BCUT2D eigenvalue weighted by atomic mass is 10.1. The number of nitrogen functional groups attached to an aromatic ring is 1. The number of β-lactam (4-membered cyclic amide) rings is 1. The lowest BCUT2D eigenvalue weighted by Crippen LogP contribution is -2.57. The number of nitrogens with zero attached hydrogens (tertiary/aromatic N) is 6. The molecule has 2 aliphatic rings. The van der Waals surface area contributed by atoms with Gasteiger partial charge < -0.3 is 21.0 Å². The zero-order chi connectivity index (χ0) is 24.9. The molecule has 2 aliphatic heterocycles. The van der Waals surface area contributed by atoms with Crippen LogP contribution in [0.4, 0.5) is 5.13 Å². The highest BCUT2D eigenvalue weighted by Crippen LogP contribution is 2.43. The predicted molar refractivity (Wildman–Crippen MR) is 131 cm³/mol. The highest BCUT2D eigenvalue weighted by atomic mass is 32.2. The fourth-order valence-electron chi connectivity index (χ4n) is 3.00. The van der Waals surface area contributed by atoms with Gasteiger partial charge in [0.1, 0.15) is 23.2 Å². The quantitative estimate of drug-likeness (QED) is 0.0958. The van der Waals surface area contributed by atoms with Crippen LogP contribution in [0, 0.1) is 0 Å². The van der Waals surface area contributed by atoms with Crippen LogP contribution < -0.4 is 11.1 Å². The number of thioether (sulfide) groups is 2. The van der Waals surface area contributed by atoms with Crippen molar-refractivity contribution >= 4 is 75.0 Å². The number of amides is 2. The summed E-state index contributed by atoms with van der Waals surface area (Å²) in [6.45, 7) is 3.56. The first-order valence-electron chi connectivity index (χ1n) is 9.64. The molecule has 0 spiro atoms. The van der Waals surface area contributed by atoms with E-state index in [1.165, 1.54) is 51.9 Å². The molecule has 4 N–H and O–H groups in total. The number of oxime groups is 1. The maximum Gasteiger partial charge on any atom is 0.353 e. The number of carboxylic acid groups (broad SMARTS) is 1.